The highest BCUT2D eigenvalue weighted by Crippen LogP contribution is 2.32. The van der Waals surface area contributed by atoms with Crippen molar-refractivity contribution in [2.75, 3.05) is 19.6 Å². The summed E-state index contributed by atoms with van der Waals surface area (Å²) in [4.78, 5) is 39.9. The van der Waals surface area contributed by atoms with Crippen LogP contribution in [0.5, 0.6) is 11.6 Å². The Morgan fingerprint density at radius 1 is 0.857 bits per heavy atom. The average molecular weight is 659 g/mol. The number of likely N-dealkylation sites (tertiary alicyclic amines) is 1. The fraction of sp³-hybridized carbons (Fsp3) is 0.333. The average Bonchev–Trinajstić information content (AvgIpc) is 3.40. The van der Waals surface area contributed by atoms with Crippen LogP contribution in [-0.2, 0) is 31.1 Å². The van der Waals surface area contributed by atoms with Crippen LogP contribution in [0, 0.1) is 17.8 Å². The first kappa shape index (κ1) is 33.5. The van der Waals surface area contributed by atoms with E-state index in [1.54, 1.807) is 4.90 Å². The lowest BCUT2D eigenvalue weighted by Gasteiger charge is -2.37. The van der Waals surface area contributed by atoms with Crippen LogP contribution in [-0.4, -0.2) is 68.3 Å². The molecule has 0 saturated carbocycles. The maximum absolute atomic E-state index is 13.8. The van der Waals surface area contributed by atoms with E-state index in [4.69, 9.17) is 15.2 Å². The van der Waals surface area contributed by atoms with Crippen molar-refractivity contribution in [1.82, 2.24) is 24.7 Å². The van der Waals surface area contributed by atoms with Gasteiger partial charge < -0.3 is 25.0 Å². The zero-order valence-electron chi connectivity index (χ0n) is 28.0. The predicted octanol–water partition coefficient (Wildman–Crippen LogP) is 5.01. The summed E-state index contributed by atoms with van der Waals surface area (Å²) in [5.41, 5.74) is 10.1. The van der Waals surface area contributed by atoms with Gasteiger partial charge in [-0.2, -0.15) is 4.98 Å². The van der Waals surface area contributed by atoms with Gasteiger partial charge in [0, 0.05) is 44.2 Å². The van der Waals surface area contributed by atoms with Crippen molar-refractivity contribution in [1.29, 1.82) is 0 Å². The molecule has 2 N–H and O–H groups in total. The fourth-order valence-corrected chi connectivity index (χ4v) is 6.17. The Morgan fingerprint density at radius 3 is 2.14 bits per heavy atom. The third kappa shape index (κ3) is 8.55. The first-order valence-corrected chi connectivity index (χ1v) is 16.7. The highest BCUT2D eigenvalue weighted by atomic mass is 16.5. The van der Waals surface area contributed by atoms with E-state index >= 15 is 0 Å². The van der Waals surface area contributed by atoms with E-state index in [-0.39, 0.29) is 36.5 Å². The van der Waals surface area contributed by atoms with Crippen LogP contribution in [0.2, 0.25) is 0 Å². The van der Waals surface area contributed by atoms with E-state index in [1.807, 2.05) is 91.5 Å². The van der Waals surface area contributed by atoms with Crippen LogP contribution >= 0.6 is 0 Å². The second-order valence-electron chi connectivity index (χ2n) is 12.8. The number of ether oxygens (including phenoxy) is 2. The minimum absolute atomic E-state index is 0.00298. The van der Waals surface area contributed by atoms with Gasteiger partial charge in [0.25, 0.3) is 5.88 Å². The van der Waals surface area contributed by atoms with Gasteiger partial charge in [-0.3, -0.25) is 9.69 Å². The number of carbonyl (C=O) groups excluding carboxylic acids is 2. The third-order valence-corrected chi connectivity index (χ3v) is 8.79. The molecule has 0 spiro atoms. The van der Waals surface area contributed by atoms with Crippen LogP contribution in [0.15, 0.2) is 91.3 Å². The van der Waals surface area contributed by atoms with Gasteiger partial charge in [-0.1, -0.05) is 84.6 Å². The van der Waals surface area contributed by atoms with E-state index < -0.39 is 0 Å². The van der Waals surface area contributed by atoms with Crippen LogP contribution in [0.4, 0.5) is 4.79 Å². The number of nitrogens with two attached hydrogens (primary N) is 1. The molecule has 4 aromatic rings. The molecule has 10 nitrogen and oxygen atoms in total. The highest BCUT2D eigenvalue weighted by molar-refractivity contribution is 5.78. The largest absolute Gasteiger partial charge is 0.482 e. The molecule has 0 bridgehead atoms. The maximum atomic E-state index is 13.8. The zero-order valence-corrected chi connectivity index (χ0v) is 28.0. The number of rotatable bonds is 13. The van der Waals surface area contributed by atoms with Gasteiger partial charge in [-0.05, 0) is 42.7 Å². The third-order valence-electron chi connectivity index (χ3n) is 8.79. The van der Waals surface area contributed by atoms with E-state index in [9.17, 15) is 9.59 Å². The fourth-order valence-electron chi connectivity index (χ4n) is 6.17. The zero-order chi connectivity index (χ0) is 34.2. The van der Waals surface area contributed by atoms with Crippen LogP contribution in [0.3, 0.4) is 0 Å². The van der Waals surface area contributed by atoms with Gasteiger partial charge >= 0.3 is 6.03 Å². The van der Waals surface area contributed by atoms with E-state index in [0.717, 1.165) is 23.2 Å². The molecule has 10 heteroatoms. The van der Waals surface area contributed by atoms with Crippen LogP contribution < -0.4 is 15.2 Å². The number of benzene rings is 3. The van der Waals surface area contributed by atoms with Crippen LogP contribution in [0.25, 0.3) is 0 Å². The summed E-state index contributed by atoms with van der Waals surface area (Å²) >= 11 is 0. The van der Waals surface area contributed by atoms with E-state index in [2.05, 4.69) is 38.8 Å². The first-order valence-electron chi connectivity index (χ1n) is 16.7. The van der Waals surface area contributed by atoms with Crippen molar-refractivity contribution < 1.29 is 19.1 Å². The van der Waals surface area contributed by atoms with Crippen molar-refractivity contribution in [2.24, 2.45) is 11.7 Å². The molecule has 0 aliphatic carbocycles. The Labute approximate surface area is 287 Å². The number of carbonyl (C=O) groups is 2. The summed E-state index contributed by atoms with van der Waals surface area (Å²) in [6, 6.07) is 27.8. The van der Waals surface area contributed by atoms with Gasteiger partial charge in [-0.15, -0.1) is 0 Å². The Hall–Kier alpha value is -5.40. The van der Waals surface area contributed by atoms with Crippen molar-refractivity contribution in [3.05, 3.63) is 119 Å². The lowest BCUT2D eigenvalue weighted by molar-refractivity contribution is -0.127. The molecule has 49 heavy (non-hydrogen) atoms. The topological polar surface area (TPSA) is 114 Å². The number of hydrogen-bond donors (Lipinski definition) is 1. The molecular formula is C39H42N6O4. The van der Waals surface area contributed by atoms with Crippen molar-refractivity contribution in [2.45, 2.75) is 58.7 Å². The predicted molar refractivity (Wildman–Crippen MR) is 186 cm³/mol. The number of urea groups is 1. The lowest BCUT2D eigenvalue weighted by Crippen LogP contribution is -2.51. The summed E-state index contributed by atoms with van der Waals surface area (Å²) in [7, 11) is 0. The Balaban J connectivity index is 1.13. The Morgan fingerprint density at radius 2 is 1.51 bits per heavy atom. The molecule has 2 saturated heterocycles. The molecule has 2 fully saturated rings. The second kappa shape index (κ2) is 15.7. The highest BCUT2D eigenvalue weighted by Gasteiger charge is 2.39. The van der Waals surface area contributed by atoms with Crippen LogP contribution in [0.1, 0.15) is 48.2 Å². The van der Waals surface area contributed by atoms with Gasteiger partial charge in [0.15, 0.2) is 0 Å². The van der Waals surface area contributed by atoms with Crippen molar-refractivity contribution in [3.8, 4) is 23.5 Å². The minimum Gasteiger partial charge on any atom is -0.482 e. The molecule has 2 aliphatic heterocycles. The van der Waals surface area contributed by atoms with Gasteiger partial charge in [0.1, 0.15) is 25.2 Å². The summed E-state index contributed by atoms with van der Waals surface area (Å²) < 4.78 is 12.5. The number of nitrogens with zero attached hydrogens (tertiary/aromatic N) is 5. The van der Waals surface area contributed by atoms with Gasteiger partial charge in [0.05, 0.1) is 18.5 Å². The van der Waals surface area contributed by atoms with Gasteiger partial charge in [-0.25, -0.2) is 9.78 Å². The molecule has 1 aromatic heterocycles. The lowest BCUT2D eigenvalue weighted by atomic mass is 9.98. The van der Waals surface area contributed by atoms with Crippen molar-refractivity contribution in [3.63, 3.8) is 0 Å². The molecule has 0 radical (unpaired) electrons. The smallest absolute Gasteiger partial charge is 0.321 e. The standard InChI is InChI=1S/C39H42N6O4/c1-28(2)45-34(15-9-14-29-16-18-30(19-17-29)20-43-21-33(22-43)37(40)46)23-44(39(45)47)24-35-36(48-25-31-10-5-3-6-11-31)38(42-27-41-35)49-26-32-12-7-4-8-13-32/h3-8,10-13,16-19,27-28,33-34H,15,20-26H2,1-2H3,(H2,40,46). The van der Waals surface area contributed by atoms with E-state index in [1.165, 1.54) is 11.9 Å². The number of primary amides is 1. The molecule has 3 heterocycles. The molecule has 6 rings (SSSR count). The minimum atomic E-state index is -0.227. The quantitative estimate of drug-likeness (QED) is 0.201. The Kier molecular flexibility index (Phi) is 10.7. The summed E-state index contributed by atoms with van der Waals surface area (Å²) in [6.45, 7) is 7.65. The van der Waals surface area contributed by atoms with Gasteiger partial charge in [0.2, 0.25) is 11.7 Å². The summed E-state index contributed by atoms with van der Waals surface area (Å²) in [6.07, 6.45) is 2.00. The molecule has 3 amide bonds. The monoisotopic (exact) mass is 658 g/mol. The molecule has 1 unspecified atom stereocenters. The molecule has 2 aliphatic rings. The summed E-state index contributed by atoms with van der Waals surface area (Å²) in [5.74, 6) is 7.10. The molecular weight excluding hydrogens is 616 g/mol. The molecule has 1 atom stereocenters. The SMILES string of the molecule is CC(C)N1C(=O)N(Cc2ncnc(OCc3ccccc3)c2OCc2ccccc2)CC1CC#Cc1ccc(CN2CC(C(N)=O)C2)cc1. The maximum Gasteiger partial charge on any atom is 0.321 e. The molecule has 3 aromatic carbocycles. The summed E-state index contributed by atoms with van der Waals surface area (Å²) in [5, 5.41) is 0. The Bertz CT molecular complexity index is 1780. The second-order valence-corrected chi connectivity index (χ2v) is 12.8. The van der Waals surface area contributed by atoms with E-state index in [0.29, 0.717) is 56.6 Å². The number of amides is 3. The number of hydrogen-bond acceptors (Lipinski definition) is 7. The van der Waals surface area contributed by atoms with Crippen molar-refractivity contribution >= 4 is 11.9 Å². The normalized spacial score (nSPS) is 16.3. The first-order chi connectivity index (χ1) is 23.8. The molecule has 252 valence electrons. The number of aromatic nitrogens is 2.